The van der Waals surface area contributed by atoms with E-state index >= 15 is 0 Å². The van der Waals surface area contributed by atoms with Gasteiger partial charge in [-0.15, -0.1) is 0 Å². The predicted octanol–water partition coefficient (Wildman–Crippen LogP) is 5.89. The molecule has 0 atom stereocenters. The number of pyridine rings is 1. The predicted molar refractivity (Wildman–Crippen MR) is 124 cm³/mol. The average molecular weight is 419 g/mol. The Hall–Kier alpha value is -3.34. The van der Waals surface area contributed by atoms with Crippen molar-refractivity contribution in [3.63, 3.8) is 0 Å². The number of ketones is 1. The number of ether oxygens (including phenoxy) is 2. The molecule has 0 fully saturated rings. The number of nitrogens with zero attached hydrogens (tertiary/aromatic N) is 1. The van der Waals surface area contributed by atoms with Crippen molar-refractivity contribution < 1.29 is 14.3 Å². The van der Waals surface area contributed by atoms with Crippen molar-refractivity contribution in [2.24, 2.45) is 0 Å². The fraction of sp³-hybridized carbons (Fsp3) is 0.308. The molecule has 0 aliphatic carbocycles. The molecule has 5 heteroatoms. The monoisotopic (exact) mass is 418 g/mol. The van der Waals surface area contributed by atoms with Gasteiger partial charge in [-0.05, 0) is 48.4 Å². The van der Waals surface area contributed by atoms with Gasteiger partial charge >= 0.3 is 0 Å². The molecule has 0 aliphatic heterocycles. The molecule has 3 rings (SSSR count). The zero-order chi connectivity index (χ0) is 21.9. The van der Waals surface area contributed by atoms with Gasteiger partial charge in [-0.3, -0.25) is 4.79 Å². The van der Waals surface area contributed by atoms with Crippen molar-refractivity contribution in [2.75, 3.05) is 19.0 Å². The number of carbonyl (C=O) groups excluding carboxylic acids is 1. The van der Waals surface area contributed by atoms with Crippen LogP contribution in [-0.4, -0.2) is 24.4 Å². The van der Waals surface area contributed by atoms with Crippen LogP contribution < -0.4 is 14.8 Å². The third kappa shape index (κ3) is 6.57. The SMILES string of the molecule is CCCCCCNc1ncccc1C(=O)c1cccc(OCc2cccc(OC)c2)c1. The summed E-state index contributed by atoms with van der Waals surface area (Å²) in [6.07, 6.45) is 6.36. The van der Waals surface area contributed by atoms with Crippen molar-refractivity contribution in [3.8, 4) is 11.5 Å². The standard InChI is InChI=1S/C26H30N2O3/c1-3-4-5-6-15-27-26-24(14-9-16-28-26)25(29)21-11-8-13-23(18-21)31-19-20-10-7-12-22(17-20)30-2/h7-14,16-18H,3-6,15,19H2,1-2H3,(H,27,28). The number of benzene rings is 2. The highest BCUT2D eigenvalue weighted by Gasteiger charge is 2.15. The van der Waals surface area contributed by atoms with E-state index in [9.17, 15) is 4.79 Å². The molecule has 1 heterocycles. The van der Waals surface area contributed by atoms with E-state index in [4.69, 9.17) is 9.47 Å². The molecule has 5 nitrogen and oxygen atoms in total. The van der Waals surface area contributed by atoms with Crippen molar-refractivity contribution in [1.82, 2.24) is 4.98 Å². The lowest BCUT2D eigenvalue weighted by atomic mass is 10.0. The van der Waals surface area contributed by atoms with Gasteiger partial charge in [0.15, 0.2) is 5.78 Å². The van der Waals surface area contributed by atoms with Crippen LogP contribution in [0, 0.1) is 0 Å². The van der Waals surface area contributed by atoms with E-state index in [1.165, 1.54) is 19.3 Å². The molecule has 0 spiro atoms. The van der Waals surface area contributed by atoms with E-state index < -0.39 is 0 Å². The number of nitrogens with one attached hydrogen (secondary N) is 1. The third-order valence-electron chi connectivity index (χ3n) is 5.01. The highest BCUT2D eigenvalue weighted by molar-refractivity contribution is 6.12. The van der Waals surface area contributed by atoms with Gasteiger partial charge in [0.05, 0.1) is 12.7 Å². The minimum absolute atomic E-state index is 0.0732. The topological polar surface area (TPSA) is 60.5 Å². The molecule has 0 saturated carbocycles. The summed E-state index contributed by atoms with van der Waals surface area (Å²) >= 11 is 0. The second-order valence-electron chi connectivity index (χ2n) is 7.38. The molecular weight excluding hydrogens is 388 g/mol. The summed E-state index contributed by atoms with van der Waals surface area (Å²) in [5, 5.41) is 3.32. The quantitative estimate of drug-likeness (QED) is 0.293. The van der Waals surface area contributed by atoms with E-state index in [1.54, 1.807) is 31.5 Å². The summed E-state index contributed by atoms with van der Waals surface area (Å²) in [6.45, 7) is 3.39. The van der Waals surface area contributed by atoms with Crippen LogP contribution in [0.5, 0.6) is 11.5 Å². The summed E-state index contributed by atoms with van der Waals surface area (Å²) in [4.78, 5) is 17.5. The Labute approximate surface area is 184 Å². The van der Waals surface area contributed by atoms with E-state index in [0.717, 1.165) is 24.3 Å². The molecule has 162 valence electrons. The number of hydrogen-bond acceptors (Lipinski definition) is 5. The van der Waals surface area contributed by atoms with Crippen LogP contribution in [0.4, 0.5) is 5.82 Å². The minimum atomic E-state index is -0.0732. The first-order valence-corrected chi connectivity index (χ1v) is 10.8. The normalized spacial score (nSPS) is 10.5. The van der Waals surface area contributed by atoms with E-state index in [0.29, 0.717) is 29.3 Å². The number of methoxy groups -OCH3 is 1. The Balaban J connectivity index is 1.67. The Kier molecular flexibility index (Phi) is 8.47. The van der Waals surface area contributed by atoms with Gasteiger partial charge in [-0.1, -0.05) is 50.5 Å². The largest absolute Gasteiger partial charge is 0.497 e. The maximum absolute atomic E-state index is 13.2. The van der Waals surface area contributed by atoms with Gasteiger partial charge < -0.3 is 14.8 Å². The van der Waals surface area contributed by atoms with Gasteiger partial charge in [0.1, 0.15) is 23.9 Å². The van der Waals surface area contributed by atoms with Crippen LogP contribution in [-0.2, 0) is 6.61 Å². The fourth-order valence-electron chi connectivity index (χ4n) is 3.30. The van der Waals surface area contributed by atoms with E-state index in [1.807, 2.05) is 42.5 Å². The molecule has 0 amide bonds. The maximum atomic E-state index is 13.2. The van der Waals surface area contributed by atoms with Crippen molar-refractivity contribution in [3.05, 3.63) is 83.6 Å². The van der Waals surface area contributed by atoms with E-state index in [2.05, 4.69) is 17.2 Å². The molecule has 3 aromatic rings. The number of hydrogen-bond donors (Lipinski definition) is 1. The Morgan fingerprint density at radius 3 is 2.65 bits per heavy atom. The number of anilines is 1. The Morgan fingerprint density at radius 2 is 1.81 bits per heavy atom. The Bertz CT molecular complexity index is 988. The fourth-order valence-corrected chi connectivity index (χ4v) is 3.30. The van der Waals surface area contributed by atoms with Gasteiger partial charge in [0, 0.05) is 18.3 Å². The molecule has 31 heavy (non-hydrogen) atoms. The minimum Gasteiger partial charge on any atom is -0.497 e. The van der Waals surface area contributed by atoms with Crippen LogP contribution in [0.1, 0.15) is 54.1 Å². The highest BCUT2D eigenvalue weighted by Crippen LogP contribution is 2.22. The van der Waals surface area contributed by atoms with Gasteiger partial charge in [-0.25, -0.2) is 4.98 Å². The lowest BCUT2D eigenvalue weighted by Crippen LogP contribution is -2.11. The molecular formula is C26H30N2O3. The van der Waals surface area contributed by atoms with E-state index in [-0.39, 0.29) is 5.78 Å². The van der Waals surface area contributed by atoms with Crippen molar-refractivity contribution in [1.29, 1.82) is 0 Å². The van der Waals surface area contributed by atoms with Gasteiger partial charge in [0.2, 0.25) is 0 Å². The van der Waals surface area contributed by atoms with Crippen molar-refractivity contribution >= 4 is 11.6 Å². The molecule has 1 aromatic heterocycles. The van der Waals surface area contributed by atoms with Crippen LogP contribution >= 0.6 is 0 Å². The first kappa shape index (κ1) is 22.3. The molecule has 0 saturated heterocycles. The third-order valence-corrected chi connectivity index (χ3v) is 5.01. The average Bonchev–Trinajstić information content (AvgIpc) is 2.83. The lowest BCUT2D eigenvalue weighted by Gasteiger charge is -2.11. The summed E-state index contributed by atoms with van der Waals surface area (Å²) in [5.41, 5.74) is 2.14. The van der Waals surface area contributed by atoms with Crippen LogP contribution in [0.25, 0.3) is 0 Å². The lowest BCUT2D eigenvalue weighted by molar-refractivity contribution is 0.103. The first-order valence-electron chi connectivity index (χ1n) is 10.8. The number of rotatable bonds is 12. The summed E-state index contributed by atoms with van der Waals surface area (Å²) in [5.74, 6) is 1.99. The second-order valence-corrected chi connectivity index (χ2v) is 7.38. The highest BCUT2D eigenvalue weighted by atomic mass is 16.5. The van der Waals surface area contributed by atoms with Gasteiger partial charge in [-0.2, -0.15) is 0 Å². The molecule has 0 bridgehead atoms. The van der Waals surface area contributed by atoms with Crippen LogP contribution in [0.2, 0.25) is 0 Å². The molecule has 2 aromatic carbocycles. The molecule has 0 radical (unpaired) electrons. The summed E-state index contributed by atoms with van der Waals surface area (Å²) in [7, 11) is 1.64. The number of unbranched alkanes of at least 4 members (excludes halogenated alkanes) is 3. The maximum Gasteiger partial charge on any atom is 0.196 e. The number of carbonyl (C=O) groups is 1. The molecule has 1 N–H and O–H groups in total. The van der Waals surface area contributed by atoms with Gasteiger partial charge in [0.25, 0.3) is 0 Å². The van der Waals surface area contributed by atoms with Crippen molar-refractivity contribution in [2.45, 2.75) is 39.2 Å². The first-order chi connectivity index (χ1) is 15.2. The number of aromatic nitrogens is 1. The summed E-state index contributed by atoms with van der Waals surface area (Å²) < 4.78 is 11.2. The zero-order valence-corrected chi connectivity index (χ0v) is 18.3. The molecule has 0 aliphatic rings. The zero-order valence-electron chi connectivity index (χ0n) is 18.3. The molecule has 0 unspecified atom stereocenters. The summed E-state index contributed by atoms with van der Waals surface area (Å²) in [6, 6.07) is 18.6. The Morgan fingerprint density at radius 1 is 0.968 bits per heavy atom. The van der Waals surface area contributed by atoms with Crippen LogP contribution in [0.15, 0.2) is 66.9 Å². The van der Waals surface area contributed by atoms with Crippen LogP contribution in [0.3, 0.4) is 0 Å². The smallest absolute Gasteiger partial charge is 0.196 e. The second kappa shape index (κ2) is 11.7.